The number of nitrogens with one attached hydrogen (secondary N) is 1. The SMILES string of the molecule is NC(=O)[C@@H](Cc1ccc(C(F)(F)F)cc1)NC(=O)C12CC3CC(CC(C3)C1)C2. The molecule has 0 spiro atoms. The molecule has 4 aliphatic rings. The number of benzene rings is 1. The van der Waals surface area contributed by atoms with Gasteiger partial charge in [0.15, 0.2) is 0 Å². The van der Waals surface area contributed by atoms with Gasteiger partial charge >= 0.3 is 6.18 Å². The molecule has 3 N–H and O–H groups in total. The Kier molecular flexibility index (Phi) is 4.67. The zero-order chi connectivity index (χ0) is 20.1. The number of carbonyl (C=O) groups excluding carboxylic acids is 2. The molecular weight excluding hydrogens is 369 g/mol. The molecule has 0 aliphatic heterocycles. The molecule has 5 rings (SSSR count). The summed E-state index contributed by atoms with van der Waals surface area (Å²) in [6.07, 6.45) is 1.91. The van der Waals surface area contributed by atoms with Crippen LogP contribution in [-0.2, 0) is 22.2 Å². The van der Waals surface area contributed by atoms with E-state index in [9.17, 15) is 22.8 Å². The fourth-order valence-electron chi connectivity index (χ4n) is 5.99. The number of hydrogen-bond acceptors (Lipinski definition) is 2. The van der Waals surface area contributed by atoms with E-state index in [4.69, 9.17) is 5.73 Å². The van der Waals surface area contributed by atoms with Crippen LogP contribution in [0.2, 0.25) is 0 Å². The molecule has 152 valence electrons. The molecule has 4 fully saturated rings. The molecule has 0 saturated heterocycles. The van der Waals surface area contributed by atoms with Crippen molar-refractivity contribution in [3.05, 3.63) is 35.4 Å². The maximum atomic E-state index is 13.1. The van der Waals surface area contributed by atoms with Crippen molar-refractivity contribution in [1.82, 2.24) is 5.32 Å². The van der Waals surface area contributed by atoms with Crippen molar-refractivity contribution in [2.75, 3.05) is 0 Å². The second-order valence-corrected chi connectivity index (χ2v) is 9.03. The lowest BCUT2D eigenvalue weighted by Gasteiger charge is -2.55. The minimum Gasteiger partial charge on any atom is -0.368 e. The molecule has 0 unspecified atom stereocenters. The van der Waals surface area contributed by atoms with E-state index in [1.807, 2.05) is 0 Å². The highest BCUT2D eigenvalue weighted by atomic mass is 19.4. The normalized spacial score (nSPS) is 32.2. The van der Waals surface area contributed by atoms with Gasteiger partial charge in [-0.15, -0.1) is 0 Å². The first-order valence-electron chi connectivity index (χ1n) is 9.91. The van der Waals surface area contributed by atoms with Crippen LogP contribution in [0.5, 0.6) is 0 Å². The van der Waals surface area contributed by atoms with Crippen molar-refractivity contribution < 1.29 is 22.8 Å². The highest BCUT2D eigenvalue weighted by molar-refractivity contribution is 5.89. The van der Waals surface area contributed by atoms with Crippen molar-refractivity contribution in [3.63, 3.8) is 0 Å². The van der Waals surface area contributed by atoms with Gasteiger partial charge in [0.1, 0.15) is 6.04 Å². The van der Waals surface area contributed by atoms with Gasteiger partial charge in [0.25, 0.3) is 0 Å². The third-order valence-corrected chi connectivity index (χ3v) is 6.89. The van der Waals surface area contributed by atoms with Crippen LogP contribution in [-0.4, -0.2) is 17.9 Å². The summed E-state index contributed by atoms with van der Waals surface area (Å²) >= 11 is 0. The second kappa shape index (κ2) is 6.78. The summed E-state index contributed by atoms with van der Waals surface area (Å²) in [6, 6.07) is 3.70. The molecule has 0 aromatic heterocycles. The Morgan fingerprint density at radius 3 is 1.96 bits per heavy atom. The summed E-state index contributed by atoms with van der Waals surface area (Å²) in [5.41, 5.74) is 4.87. The van der Waals surface area contributed by atoms with E-state index in [-0.39, 0.29) is 12.3 Å². The molecule has 0 heterocycles. The lowest BCUT2D eigenvalue weighted by atomic mass is 9.49. The fraction of sp³-hybridized carbons (Fsp3) is 0.619. The van der Waals surface area contributed by atoms with Crippen LogP contribution in [0.4, 0.5) is 13.2 Å². The van der Waals surface area contributed by atoms with E-state index in [2.05, 4.69) is 5.32 Å². The number of halogens is 3. The minimum absolute atomic E-state index is 0.0889. The fourth-order valence-corrected chi connectivity index (χ4v) is 5.99. The first kappa shape index (κ1) is 19.3. The van der Waals surface area contributed by atoms with Crippen molar-refractivity contribution in [1.29, 1.82) is 0 Å². The number of amides is 2. The Morgan fingerprint density at radius 1 is 1.04 bits per heavy atom. The Bertz CT molecular complexity index is 738. The van der Waals surface area contributed by atoms with Gasteiger partial charge in [0.05, 0.1) is 5.56 Å². The van der Waals surface area contributed by atoms with Crippen molar-refractivity contribution in [2.45, 2.75) is 57.2 Å². The van der Waals surface area contributed by atoms with Gasteiger partial charge in [0.2, 0.25) is 11.8 Å². The van der Waals surface area contributed by atoms with E-state index >= 15 is 0 Å². The number of carbonyl (C=O) groups is 2. The number of primary amides is 1. The molecule has 0 radical (unpaired) electrons. The molecule has 4 aliphatic carbocycles. The van der Waals surface area contributed by atoms with Crippen LogP contribution in [0, 0.1) is 23.2 Å². The molecule has 1 aromatic carbocycles. The molecule has 4 saturated carbocycles. The Morgan fingerprint density at radius 2 is 1.54 bits per heavy atom. The number of rotatable bonds is 5. The maximum Gasteiger partial charge on any atom is 0.416 e. The Labute approximate surface area is 162 Å². The quantitative estimate of drug-likeness (QED) is 0.803. The van der Waals surface area contributed by atoms with Crippen LogP contribution in [0.25, 0.3) is 0 Å². The second-order valence-electron chi connectivity index (χ2n) is 9.03. The van der Waals surface area contributed by atoms with Gasteiger partial charge < -0.3 is 11.1 Å². The Hall–Kier alpha value is -2.05. The zero-order valence-electron chi connectivity index (χ0n) is 15.6. The zero-order valence-corrected chi connectivity index (χ0v) is 15.6. The highest BCUT2D eigenvalue weighted by Gasteiger charge is 2.54. The highest BCUT2D eigenvalue weighted by Crippen LogP contribution is 2.60. The molecule has 7 heteroatoms. The monoisotopic (exact) mass is 394 g/mol. The number of hydrogen-bond donors (Lipinski definition) is 2. The number of alkyl halides is 3. The summed E-state index contributed by atoms with van der Waals surface area (Å²) in [5.74, 6) is 1.01. The predicted molar refractivity (Wildman–Crippen MR) is 96.9 cm³/mol. The van der Waals surface area contributed by atoms with Crippen molar-refractivity contribution >= 4 is 11.8 Å². The van der Waals surface area contributed by atoms with Gasteiger partial charge in [-0.25, -0.2) is 0 Å². The van der Waals surface area contributed by atoms with Gasteiger partial charge in [-0.3, -0.25) is 9.59 Å². The third kappa shape index (κ3) is 3.63. The standard InChI is InChI=1S/C21H25F3N2O2/c22-21(23,24)16-3-1-12(2-4-16)8-17(18(25)27)26-19(28)20-9-13-5-14(10-20)7-15(6-13)11-20/h1-4,13-15,17H,5-11H2,(H2,25,27)(H,26,28)/t13?,14?,15?,17-,20?/m1/s1. The maximum absolute atomic E-state index is 13.1. The summed E-state index contributed by atoms with van der Waals surface area (Å²) in [7, 11) is 0. The minimum atomic E-state index is -4.41. The molecule has 1 aromatic rings. The van der Waals surface area contributed by atoms with E-state index in [0.29, 0.717) is 23.3 Å². The lowest BCUT2D eigenvalue weighted by Crippen LogP contribution is -2.57. The van der Waals surface area contributed by atoms with Crippen LogP contribution in [0.15, 0.2) is 24.3 Å². The van der Waals surface area contributed by atoms with Crippen LogP contribution in [0.3, 0.4) is 0 Å². The van der Waals surface area contributed by atoms with E-state index in [1.165, 1.54) is 31.4 Å². The molecular formula is C21H25F3N2O2. The van der Waals surface area contributed by atoms with E-state index in [0.717, 1.165) is 31.4 Å². The smallest absolute Gasteiger partial charge is 0.368 e. The van der Waals surface area contributed by atoms with Gasteiger partial charge in [-0.05, 0) is 74.0 Å². The summed E-state index contributed by atoms with van der Waals surface area (Å²) < 4.78 is 38.1. The average molecular weight is 394 g/mol. The van der Waals surface area contributed by atoms with Crippen LogP contribution < -0.4 is 11.1 Å². The lowest BCUT2D eigenvalue weighted by molar-refractivity contribution is -0.148. The van der Waals surface area contributed by atoms with Gasteiger partial charge in [-0.1, -0.05) is 12.1 Å². The summed E-state index contributed by atoms with van der Waals surface area (Å²) in [6.45, 7) is 0. The van der Waals surface area contributed by atoms with E-state index in [1.54, 1.807) is 0 Å². The average Bonchev–Trinajstić information content (AvgIpc) is 2.59. The molecule has 4 nitrogen and oxygen atoms in total. The van der Waals surface area contributed by atoms with Gasteiger partial charge in [0, 0.05) is 11.8 Å². The Balaban J connectivity index is 1.45. The topological polar surface area (TPSA) is 72.2 Å². The van der Waals surface area contributed by atoms with Crippen molar-refractivity contribution in [2.24, 2.45) is 28.9 Å². The molecule has 28 heavy (non-hydrogen) atoms. The number of nitrogens with two attached hydrogens (primary N) is 1. The largest absolute Gasteiger partial charge is 0.416 e. The van der Waals surface area contributed by atoms with Crippen molar-refractivity contribution in [3.8, 4) is 0 Å². The molecule has 4 bridgehead atoms. The predicted octanol–water partition coefficient (Wildman–Crippen LogP) is 3.43. The first-order valence-corrected chi connectivity index (χ1v) is 9.91. The third-order valence-electron chi connectivity index (χ3n) is 6.89. The summed E-state index contributed by atoms with van der Waals surface area (Å²) in [4.78, 5) is 25.0. The van der Waals surface area contributed by atoms with Gasteiger partial charge in [-0.2, -0.15) is 13.2 Å². The molecule has 2 amide bonds. The van der Waals surface area contributed by atoms with E-state index < -0.39 is 29.1 Å². The summed E-state index contributed by atoms with van der Waals surface area (Å²) in [5, 5.41) is 2.83. The van der Waals surface area contributed by atoms with Crippen LogP contribution in [0.1, 0.15) is 49.7 Å². The first-order chi connectivity index (χ1) is 13.1. The molecule has 1 atom stereocenters. The van der Waals surface area contributed by atoms with Crippen LogP contribution >= 0.6 is 0 Å².